The molecule has 2 aromatic rings. The molecule has 2 aliphatic heterocycles. The van der Waals surface area contributed by atoms with Crippen molar-refractivity contribution in [2.45, 2.75) is 33.7 Å². The fourth-order valence-electron chi connectivity index (χ4n) is 4.94. The van der Waals surface area contributed by atoms with E-state index in [4.69, 9.17) is 0 Å². The molecule has 0 aliphatic carbocycles. The Morgan fingerprint density at radius 2 is 1.75 bits per heavy atom. The number of carbonyl (C=O) groups excluding carboxylic acids is 2. The summed E-state index contributed by atoms with van der Waals surface area (Å²) in [5.41, 5.74) is 4.78. The zero-order chi connectivity index (χ0) is 20.0. The van der Waals surface area contributed by atoms with Crippen molar-refractivity contribution in [3.63, 3.8) is 0 Å². The van der Waals surface area contributed by atoms with Crippen LogP contribution < -0.4 is 0 Å². The Balaban J connectivity index is 1.62. The molecule has 146 valence electrons. The molecular weight excluding hydrogens is 350 g/mol. The van der Waals surface area contributed by atoms with Crippen LogP contribution in [-0.2, 0) is 4.79 Å². The Kier molecular flexibility index (Phi) is 4.69. The van der Waals surface area contributed by atoms with Gasteiger partial charge >= 0.3 is 0 Å². The molecule has 2 fully saturated rings. The van der Waals surface area contributed by atoms with Gasteiger partial charge in [-0.15, -0.1) is 0 Å². The highest BCUT2D eigenvalue weighted by molar-refractivity contribution is 5.95. The summed E-state index contributed by atoms with van der Waals surface area (Å²) in [5.74, 6) is 0.750. The molecule has 1 aromatic carbocycles. The number of hydrogen-bond donors (Lipinski definition) is 0. The van der Waals surface area contributed by atoms with Gasteiger partial charge in [-0.3, -0.25) is 14.6 Å². The van der Waals surface area contributed by atoms with Crippen molar-refractivity contribution in [1.82, 2.24) is 14.8 Å². The van der Waals surface area contributed by atoms with Gasteiger partial charge in [-0.1, -0.05) is 24.3 Å². The van der Waals surface area contributed by atoms with E-state index in [2.05, 4.69) is 24.0 Å². The Morgan fingerprint density at radius 3 is 2.43 bits per heavy atom. The molecule has 2 amide bonds. The summed E-state index contributed by atoms with van der Waals surface area (Å²) >= 11 is 0. The van der Waals surface area contributed by atoms with Crippen molar-refractivity contribution in [3.8, 4) is 0 Å². The maximum absolute atomic E-state index is 13.1. The van der Waals surface area contributed by atoms with E-state index >= 15 is 0 Å². The number of hydrogen-bond acceptors (Lipinski definition) is 3. The number of carbonyl (C=O) groups is 2. The van der Waals surface area contributed by atoms with E-state index in [0.717, 1.165) is 11.4 Å². The van der Waals surface area contributed by atoms with E-state index in [9.17, 15) is 9.59 Å². The molecule has 3 heterocycles. The third-order valence-electron chi connectivity index (χ3n) is 6.32. The molecule has 2 saturated heterocycles. The predicted molar refractivity (Wildman–Crippen MR) is 108 cm³/mol. The molecule has 4 rings (SSSR count). The van der Waals surface area contributed by atoms with Crippen molar-refractivity contribution in [2.75, 3.05) is 19.6 Å². The number of rotatable bonds is 2. The number of pyridine rings is 1. The Morgan fingerprint density at radius 1 is 1.00 bits per heavy atom. The van der Waals surface area contributed by atoms with Crippen molar-refractivity contribution in [2.24, 2.45) is 11.8 Å². The summed E-state index contributed by atoms with van der Waals surface area (Å²) in [4.78, 5) is 33.9. The Labute approximate surface area is 166 Å². The monoisotopic (exact) mass is 377 g/mol. The maximum Gasteiger partial charge on any atom is 0.255 e. The number of aromatic nitrogens is 1. The Hall–Kier alpha value is -2.69. The van der Waals surface area contributed by atoms with E-state index in [1.54, 1.807) is 6.92 Å². The predicted octanol–water partition coefficient (Wildman–Crippen LogP) is 3.30. The van der Waals surface area contributed by atoms with E-state index in [0.29, 0.717) is 31.1 Å². The van der Waals surface area contributed by atoms with Crippen LogP contribution >= 0.6 is 0 Å². The average Bonchev–Trinajstić information content (AvgIpc) is 3.20. The summed E-state index contributed by atoms with van der Waals surface area (Å²) in [5, 5.41) is 0. The first-order chi connectivity index (χ1) is 13.4. The molecule has 0 saturated carbocycles. The van der Waals surface area contributed by atoms with Gasteiger partial charge in [0.15, 0.2) is 0 Å². The summed E-state index contributed by atoms with van der Waals surface area (Å²) < 4.78 is 0. The third-order valence-corrected chi connectivity index (χ3v) is 6.32. The average molecular weight is 377 g/mol. The largest absolute Gasteiger partial charge is 0.338 e. The minimum atomic E-state index is 0.0405. The number of benzene rings is 1. The molecule has 1 aromatic heterocycles. The van der Waals surface area contributed by atoms with E-state index in [1.165, 1.54) is 11.1 Å². The SMILES string of the molecule is CC(=O)N1C[C@H]2CN(C(=O)c3ccc(C)nc3C)C[C@H]2[C@H]1c1ccccc1C. The van der Waals surface area contributed by atoms with Crippen LogP contribution in [0.1, 0.15) is 45.8 Å². The second kappa shape index (κ2) is 7.04. The molecule has 28 heavy (non-hydrogen) atoms. The summed E-state index contributed by atoms with van der Waals surface area (Å²) in [6.45, 7) is 9.67. The lowest BCUT2D eigenvalue weighted by atomic mass is 9.87. The van der Waals surface area contributed by atoms with Gasteiger partial charge in [-0.05, 0) is 44.0 Å². The summed E-state index contributed by atoms with van der Waals surface area (Å²) in [7, 11) is 0. The van der Waals surface area contributed by atoms with E-state index in [1.807, 2.05) is 47.9 Å². The number of nitrogens with zero attached hydrogens (tertiary/aromatic N) is 3. The first-order valence-electron chi connectivity index (χ1n) is 9.93. The van der Waals surface area contributed by atoms with Crippen LogP contribution in [0.2, 0.25) is 0 Å². The van der Waals surface area contributed by atoms with Gasteiger partial charge in [0, 0.05) is 44.1 Å². The van der Waals surface area contributed by atoms with Crippen molar-refractivity contribution >= 4 is 11.8 Å². The van der Waals surface area contributed by atoms with Crippen LogP contribution in [-0.4, -0.2) is 46.2 Å². The molecule has 5 nitrogen and oxygen atoms in total. The minimum Gasteiger partial charge on any atom is -0.338 e. The molecule has 2 aliphatic rings. The van der Waals surface area contributed by atoms with E-state index < -0.39 is 0 Å². The smallest absolute Gasteiger partial charge is 0.255 e. The second-order valence-corrected chi connectivity index (χ2v) is 8.19. The standard InChI is InChI=1S/C23H27N3O2/c1-14-7-5-6-8-19(14)22-21-13-25(11-18(21)12-26(22)17(4)27)23(28)20-10-9-15(2)24-16(20)3/h5-10,18,21-22H,11-13H2,1-4H3/t18-,21-,22-/m1/s1. The Bertz CT molecular complexity index is 939. The minimum absolute atomic E-state index is 0.0405. The van der Waals surface area contributed by atoms with Gasteiger partial charge in [0.2, 0.25) is 5.91 Å². The van der Waals surface area contributed by atoms with Crippen LogP contribution in [0, 0.1) is 32.6 Å². The highest BCUT2D eigenvalue weighted by Crippen LogP contribution is 2.46. The first-order valence-corrected chi connectivity index (χ1v) is 9.93. The molecule has 5 heteroatoms. The summed E-state index contributed by atoms with van der Waals surface area (Å²) in [6, 6.07) is 12.1. The second-order valence-electron chi connectivity index (χ2n) is 8.19. The quantitative estimate of drug-likeness (QED) is 0.807. The van der Waals surface area contributed by atoms with Gasteiger partial charge in [0.1, 0.15) is 0 Å². The van der Waals surface area contributed by atoms with Gasteiger partial charge in [-0.2, -0.15) is 0 Å². The van der Waals surface area contributed by atoms with Crippen molar-refractivity contribution in [3.05, 3.63) is 64.5 Å². The van der Waals surface area contributed by atoms with Crippen molar-refractivity contribution in [1.29, 1.82) is 0 Å². The van der Waals surface area contributed by atoms with Crippen LogP contribution in [0.4, 0.5) is 0 Å². The normalized spacial score (nSPS) is 23.8. The number of aryl methyl sites for hydroxylation is 3. The van der Waals surface area contributed by atoms with Crippen LogP contribution in [0.25, 0.3) is 0 Å². The van der Waals surface area contributed by atoms with Gasteiger partial charge in [0.05, 0.1) is 17.3 Å². The lowest BCUT2D eigenvalue weighted by Gasteiger charge is -2.30. The van der Waals surface area contributed by atoms with Gasteiger partial charge < -0.3 is 9.80 Å². The highest BCUT2D eigenvalue weighted by atomic mass is 16.2. The molecule has 0 radical (unpaired) electrons. The van der Waals surface area contributed by atoms with Crippen LogP contribution in [0.3, 0.4) is 0 Å². The highest BCUT2D eigenvalue weighted by Gasteiger charge is 2.49. The lowest BCUT2D eigenvalue weighted by Crippen LogP contribution is -2.37. The molecule has 0 spiro atoms. The van der Waals surface area contributed by atoms with Gasteiger partial charge in [0.25, 0.3) is 5.91 Å². The fourth-order valence-corrected chi connectivity index (χ4v) is 4.94. The fraction of sp³-hybridized carbons (Fsp3) is 0.435. The molecule has 0 N–H and O–H groups in total. The number of fused-ring (bicyclic) bond motifs is 1. The molecule has 3 atom stereocenters. The van der Waals surface area contributed by atoms with Crippen LogP contribution in [0.5, 0.6) is 0 Å². The molecule has 0 unspecified atom stereocenters. The zero-order valence-corrected chi connectivity index (χ0v) is 17.0. The molecular formula is C23H27N3O2. The third kappa shape index (κ3) is 3.09. The summed E-state index contributed by atoms with van der Waals surface area (Å²) in [6.07, 6.45) is 0. The molecule has 0 bridgehead atoms. The first kappa shape index (κ1) is 18.7. The maximum atomic E-state index is 13.1. The number of likely N-dealkylation sites (tertiary alicyclic amines) is 2. The van der Waals surface area contributed by atoms with E-state index in [-0.39, 0.29) is 23.8 Å². The number of amides is 2. The van der Waals surface area contributed by atoms with Crippen molar-refractivity contribution < 1.29 is 9.59 Å². The zero-order valence-electron chi connectivity index (χ0n) is 17.0. The van der Waals surface area contributed by atoms with Gasteiger partial charge in [-0.25, -0.2) is 0 Å². The lowest BCUT2D eigenvalue weighted by molar-refractivity contribution is -0.130. The van der Waals surface area contributed by atoms with Crippen LogP contribution in [0.15, 0.2) is 36.4 Å². The topological polar surface area (TPSA) is 53.5 Å².